The lowest BCUT2D eigenvalue weighted by molar-refractivity contribution is 0.0993. The van der Waals surface area contributed by atoms with Gasteiger partial charge in [0.2, 0.25) is 0 Å². The van der Waals surface area contributed by atoms with Gasteiger partial charge in [0.25, 0.3) is 0 Å². The van der Waals surface area contributed by atoms with Gasteiger partial charge in [0.05, 0.1) is 7.11 Å². The molecule has 27 heavy (non-hydrogen) atoms. The lowest BCUT2D eigenvalue weighted by Gasteiger charge is -2.50. The van der Waals surface area contributed by atoms with E-state index in [-0.39, 0.29) is 11.2 Å². The molecule has 0 amide bonds. The van der Waals surface area contributed by atoms with E-state index in [2.05, 4.69) is 35.1 Å². The van der Waals surface area contributed by atoms with E-state index >= 15 is 0 Å². The second-order valence-electron chi connectivity index (χ2n) is 8.22. The van der Waals surface area contributed by atoms with Crippen molar-refractivity contribution < 1.29 is 9.13 Å². The number of rotatable bonds is 2. The third-order valence-electron chi connectivity index (χ3n) is 6.81. The Labute approximate surface area is 159 Å². The number of ether oxygens (including phenoxy) is 1. The van der Waals surface area contributed by atoms with Gasteiger partial charge in [-0.05, 0) is 74.2 Å². The summed E-state index contributed by atoms with van der Waals surface area (Å²) in [5.74, 6) is 1.27. The van der Waals surface area contributed by atoms with E-state index in [1.54, 1.807) is 19.2 Å². The molecule has 2 aromatic carbocycles. The average molecular weight is 364 g/mol. The Kier molecular flexibility index (Phi) is 3.80. The predicted octanol–water partition coefficient (Wildman–Crippen LogP) is 4.30. The molecule has 2 heterocycles. The summed E-state index contributed by atoms with van der Waals surface area (Å²) in [5, 5.41) is 0.792. The van der Waals surface area contributed by atoms with E-state index in [1.807, 2.05) is 12.1 Å². The molecule has 2 unspecified atom stereocenters. The van der Waals surface area contributed by atoms with Crippen molar-refractivity contribution >= 4 is 10.9 Å². The Bertz CT molecular complexity index is 1010. The Balaban J connectivity index is 1.68. The van der Waals surface area contributed by atoms with Crippen LogP contribution in [0.1, 0.15) is 23.2 Å². The van der Waals surface area contributed by atoms with Gasteiger partial charge >= 0.3 is 0 Å². The number of hydrogen-bond acceptors (Lipinski definition) is 2. The summed E-state index contributed by atoms with van der Waals surface area (Å²) in [6, 6.07) is 13.9. The van der Waals surface area contributed by atoms with Gasteiger partial charge in [-0.3, -0.25) is 0 Å². The topological polar surface area (TPSA) is 28.3 Å². The Morgan fingerprint density at radius 2 is 2.07 bits per heavy atom. The Morgan fingerprint density at radius 1 is 1.22 bits per heavy atom. The molecule has 1 aliphatic carbocycles. The van der Waals surface area contributed by atoms with Crippen LogP contribution in [0.3, 0.4) is 0 Å². The molecule has 140 valence electrons. The van der Waals surface area contributed by atoms with Gasteiger partial charge < -0.3 is 14.6 Å². The normalized spacial score (nSPS) is 25.2. The highest BCUT2D eigenvalue weighted by atomic mass is 19.1. The number of hydrogen-bond donors (Lipinski definition) is 1. The van der Waals surface area contributed by atoms with E-state index < -0.39 is 0 Å². The maximum absolute atomic E-state index is 14.6. The van der Waals surface area contributed by atoms with Crippen molar-refractivity contribution in [3.8, 4) is 5.75 Å². The molecule has 5 rings (SSSR count). The molecule has 1 N–H and O–H groups in total. The van der Waals surface area contributed by atoms with Crippen LogP contribution in [0.15, 0.2) is 42.5 Å². The second kappa shape index (κ2) is 6.10. The number of benzene rings is 2. The number of aromatic amines is 1. The fraction of sp³-hybridized carbons (Fsp3) is 0.391. The van der Waals surface area contributed by atoms with Gasteiger partial charge in [-0.2, -0.15) is 0 Å². The SMILES string of the molecule is COc1cccc(C23CCN(C)CC2Cc2c([nH]c4cccc(F)c24)C3)c1. The van der Waals surface area contributed by atoms with Crippen molar-refractivity contribution in [3.63, 3.8) is 0 Å². The van der Waals surface area contributed by atoms with Crippen LogP contribution in [0.5, 0.6) is 5.75 Å². The van der Waals surface area contributed by atoms with E-state index in [0.29, 0.717) is 5.92 Å². The first kappa shape index (κ1) is 16.8. The van der Waals surface area contributed by atoms with Crippen LogP contribution >= 0.6 is 0 Å². The minimum absolute atomic E-state index is 0.0748. The minimum Gasteiger partial charge on any atom is -0.497 e. The molecule has 1 aliphatic heterocycles. The summed E-state index contributed by atoms with van der Waals surface area (Å²) in [6.45, 7) is 2.12. The van der Waals surface area contributed by atoms with E-state index in [1.165, 1.54) is 16.8 Å². The Hall–Kier alpha value is -2.33. The summed E-state index contributed by atoms with van der Waals surface area (Å²) >= 11 is 0. The van der Waals surface area contributed by atoms with Crippen LogP contribution in [0.4, 0.5) is 4.39 Å². The number of piperidine rings is 1. The number of likely N-dealkylation sites (tertiary alicyclic amines) is 1. The van der Waals surface area contributed by atoms with E-state index in [4.69, 9.17) is 4.74 Å². The smallest absolute Gasteiger partial charge is 0.132 e. The van der Waals surface area contributed by atoms with Crippen molar-refractivity contribution in [2.45, 2.75) is 24.7 Å². The summed E-state index contributed by atoms with van der Waals surface area (Å²) in [4.78, 5) is 5.96. The zero-order chi connectivity index (χ0) is 18.6. The first-order valence-electron chi connectivity index (χ1n) is 9.72. The lowest BCUT2D eigenvalue weighted by atomic mass is 9.59. The highest BCUT2D eigenvalue weighted by molar-refractivity contribution is 5.85. The largest absolute Gasteiger partial charge is 0.497 e. The number of aromatic nitrogens is 1. The molecule has 3 nitrogen and oxygen atoms in total. The molecule has 2 atom stereocenters. The Morgan fingerprint density at radius 3 is 2.93 bits per heavy atom. The lowest BCUT2D eigenvalue weighted by Crippen LogP contribution is -2.52. The third kappa shape index (κ3) is 2.50. The standard InChI is InChI=1S/C23H25FN2O/c1-26-10-9-23(15-5-3-6-17(11-15)27-2)13-21-18(12-16(23)14-26)22-19(24)7-4-8-20(22)25-21/h3-8,11,16,25H,9-10,12-14H2,1-2H3. The fourth-order valence-corrected chi connectivity index (χ4v) is 5.41. The van der Waals surface area contributed by atoms with Crippen molar-refractivity contribution in [3.05, 3.63) is 65.1 Å². The summed E-state index contributed by atoms with van der Waals surface area (Å²) in [5.41, 5.74) is 4.74. The minimum atomic E-state index is -0.108. The molecule has 1 saturated heterocycles. The van der Waals surface area contributed by atoms with Gasteiger partial charge in [0, 0.05) is 28.6 Å². The van der Waals surface area contributed by atoms with Crippen LogP contribution in [0, 0.1) is 11.7 Å². The molecule has 2 aliphatic rings. The molecular formula is C23H25FN2O. The summed E-state index contributed by atoms with van der Waals surface area (Å²) in [7, 11) is 3.92. The molecule has 4 heteroatoms. The van der Waals surface area contributed by atoms with Gasteiger partial charge in [-0.25, -0.2) is 4.39 Å². The van der Waals surface area contributed by atoms with E-state index in [0.717, 1.165) is 49.0 Å². The predicted molar refractivity (Wildman–Crippen MR) is 106 cm³/mol. The zero-order valence-corrected chi connectivity index (χ0v) is 15.9. The molecule has 0 bridgehead atoms. The molecule has 1 aromatic heterocycles. The highest BCUT2D eigenvalue weighted by Gasteiger charge is 2.47. The zero-order valence-electron chi connectivity index (χ0n) is 15.9. The first-order valence-corrected chi connectivity index (χ1v) is 9.72. The molecular weight excluding hydrogens is 339 g/mol. The van der Waals surface area contributed by atoms with Gasteiger partial charge in [-0.15, -0.1) is 0 Å². The number of H-pyrrole nitrogens is 1. The number of nitrogens with one attached hydrogen (secondary N) is 1. The van der Waals surface area contributed by atoms with Crippen LogP contribution in [-0.2, 0) is 18.3 Å². The average Bonchev–Trinajstić information content (AvgIpc) is 3.04. The number of nitrogens with zero attached hydrogens (tertiary/aromatic N) is 1. The molecule has 0 radical (unpaired) electrons. The van der Waals surface area contributed by atoms with Crippen LogP contribution in [0.2, 0.25) is 0 Å². The van der Waals surface area contributed by atoms with Gasteiger partial charge in [0.1, 0.15) is 11.6 Å². The molecule has 0 saturated carbocycles. The van der Waals surface area contributed by atoms with Gasteiger partial charge in [-0.1, -0.05) is 18.2 Å². The fourth-order valence-electron chi connectivity index (χ4n) is 5.41. The first-order chi connectivity index (χ1) is 13.1. The second-order valence-corrected chi connectivity index (χ2v) is 8.22. The highest BCUT2D eigenvalue weighted by Crippen LogP contribution is 2.49. The van der Waals surface area contributed by atoms with Crippen LogP contribution in [0.25, 0.3) is 10.9 Å². The summed E-state index contributed by atoms with van der Waals surface area (Å²) < 4.78 is 20.1. The van der Waals surface area contributed by atoms with Gasteiger partial charge in [0.15, 0.2) is 0 Å². The van der Waals surface area contributed by atoms with Crippen LogP contribution < -0.4 is 4.74 Å². The monoisotopic (exact) mass is 364 g/mol. The van der Waals surface area contributed by atoms with E-state index in [9.17, 15) is 4.39 Å². The molecule has 3 aromatic rings. The molecule has 1 fully saturated rings. The van der Waals surface area contributed by atoms with Crippen molar-refractivity contribution in [1.82, 2.24) is 9.88 Å². The molecule has 0 spiro atoms. The van der Waals surface area contributed by atoms with Crippen molar-refractivity contribution in [1.29, 1.82) is 0 Å². The number of methoxy groups -OCH3 is 1. The number of fused-ring (bicyclic) bond motifs is 4. The van der Waals surface area contributed by atoms with Crippen LogP contribution in [-0.4, -0.2) is 37.1 Å². The van der Waals surface area contributed by atoms with Crippen molar-refractivity contribution in [2.75, 3.05) is 27.2 Å². The van der Waals surface area contributed by atoms with Crippen molar-refractivity contribution in [2.24, 2.45) is 5.92 Å². The quantitative estimate of drug-likeness (QED) is 0.734. The maximum atomic E-state index is 14.6. The number of halogens is 1. The third-order valence-corrected chi connectivity index (χ3v) is 6.81. The maximum Gasteiger partial charge on any atom is 0.132 e. The summed E-state index contributed by atoms with van der Waals surface area (Å²) in [6.07, 6.45) is 2.96.